The molecule has 0 bridgehead atoms. The molecule has 3 rings (SSSR count). The fourth-order valence-corrected chi connectivity index (χ4v) is 4.07. The van der Waals surface area contributed by atoms with Crippen LogP contribution in [0.1, 0.15) is 23.7 Å². The highest BCUT2D eigenvalue weighted by atomic mass is 127. The maximum absolute atomic E-state index is 13.1. The summed E-state index contributed by atoms with van der Waals surface area (Å²) < 4.78 is 13.1. The average molecular weight is 546 g/mol. The maximum Gasteiger partial charge on any atom is 0.191 e. The lowest BCUT2D eigenvalue weighted by atomic mass is 10.2. The summed E-state index contributed by atoms with van der Waals surface area (Å²) in [5.74, 6) is 0.656. The molecule has 0 amide bonds. The molecule has 1 fully saturated rings. The van der Waals surface area contributed by atoms with Crippen molar-refractivity contribution in [2.45, 2.75) is 26.8 Å². The Bertz CT molecular complexity index is 774. The van der Waals surface area contributed by atoms with Crippen molar-refractivity contribution in [2.24, 2.45) is 4.99 Å². The van der Waals surface area contributed by atoms with Crippen LogP contribution < -0.4 is 15.5 Å². The van der Waals surface area contributed by atoms with Crippen LogP contribution in [0.25, 0.3) is 0 Å². The highest BCUT2D eigenvalue weighted by molar-refractivity contribution is 14.0. The summed E-state index contributed by atoms with van der Waals surface area (Å²) in [7, 11) is 0. The summed E-state index contributed by atoms with van der Waals surface area (Å²) >= 11 is 1.73. The molecule has 0 saturated carbocycles. The Balaban J connectivity index is 0.00000320. The normalized spacial score (nSPS) is 15.0. The van der Waals surface area contributed by atoms with Crippen molar-refractivity contribution in [1.29, 1.82) is 0 Å². The van der Waals surface area contributed by atoms with Crippen LogP contribution in [-0.4, -0.2) is 61.7 Å². The largest absolute Gasteiger partial charge is 0.369 e. The first-order chi connectivity index (χ1) is 14.2. The van der Waals surface area contributed by atoms with Gasteiger partial charge >= 0.3 is 0 Å². The summed E-state index contributed by atoms with van der Waals surface area (Å²) in [5, 5.41) is 7.78. The Morgan fingerprint density at radius 2 is 1.87 bits per heavy atom. The van der Waals surface area contributed by atoms with E-state index in [0.29, 0.717) is 6.54 Å². The van der Waals surface area contributed by atoms with Gasteiger partial charge < -0.3 is 15.5 Å². The van der Waals surface area contributed by atoms with Crippen molar-refractivity contribution in [3.05, 3.63) is 46.2 Å². The van der Waals surface area contributed by atoms with E-state index in [9.17, 15) is 4.39 Å². The standard InChI is InChI=1S/C21H31FN6S.HI/c1-3-19-15-25-20(29-19)16-26-21(23-4-2)24-9-10-27-11-13-28(14-12-27)18-7-5-17(22)6-8-18;/h5-8,15H,3-4,9-14,16H2,1-2H3,(H2,23,24,26);1H. The van der Waals surface area contributed by atoms with Crippen molar-refractivity contribution in [1.82, 2.24) is 20.5 Å². The Morgan fingerprint density at radius 3 is 2.50 bits per heavy atom. The van der Waals surface area contributed by atoms with Gasteiger partial charge in [0, 0.05) is 62.6 Å². The highest BCUT2D eigenvalue weighted by Gasteiger charge is 2.17. The van der Waals surface area contributed by atoms with Crippen LogP contribution in [0.4, 0.5) is 10.1 Å². The van der Waals surface area contributed by atoms with Crippen molar-refractivity contribution >= 4 is 47.0 Å². The maximum atomic E-state index is 13.1. The fraction of sp³-hybridized carbons (Fsp3) is 0.524. The number of aliphatic imine (C=N–C) groups is 1. The fourth-order valence-electron chi connectivity index (χ4n) is 3.29. The van der Waals surface area contributed by atoms with Crippen molar-refractivity contribution in [3.8, 4) is 0 Å². The zero-order chi connectivity index (χ0) is 20.5. The smallest absolute Gasteiger partial charge is 0.191 e. The van der Waals surface area contributed by atoms with E-state index in [4.69, 9.17) is 0 Å². The van der Waals surface area contributed by atoms with Crippen LogP contribution in [0.5, 0.6) is 0 Å². The number of halogens is 2. The molecule has 9 heteroatoms. The topological polar surface area (TPSA) is 55.8 Å². The number of aromatic nitrogens is 1. The zero-order valence-electron chi connectivity index (χ0n) is 17.7. The molecule has 2 N–H and O–H groups in total. The SMILES string of the molecule is CCNC(=NCc1ncc(CC)s1)NCCN1CCN(c2ccc(F)cc2)CC1.I. The van der Waals surface area contributed by atoms with Crippen LogP contribution in [-0.2, 0) is 13.0 Å². The second kappa shape index (κ2) is 13.1. The van der Waals surface area contributed by atoms with Gasteiger partial charge in [0.05, 0.1) is 6.54 Å². The molecule has 166 valence electrons. The van der Waals surface area contributed by atoms with Crippen LogP contribution >= 0.6 is 35.3 Å². The Hall–Kier alpha value is -1.46. The average Bonchev–Trinajstić information content (AvgIpc) is 3.21. The first-order valence-corrected chi connectivity index (χ1v) is 11.2. The number of aryl methyl sites for hydroxylation is 1. The molecule has 1 aromatic carbocycles. The number of thiazole rings is 1. The monoisotopic (exact) mass is 546 g/mol. The molecule has 1 aromatic heterocycles. The third-order valence-corrected chi connectivity index (χ3v) is 6.08. The number of piperazine rings is 1. The van der Waals surface area contributed by atoms with Gasteiger partial charge in [-0.3, -0.25) is 4.90 Å². The van der Waals surface area contributed by atoms with Gasteiger partial charge in [0.1, 0.15) is 10.8 Å². The number of nitrogens with zero attached hydrogens (tertiary/aromatic N) is 4. The molecule has 30 heavy (non-hydrogen) atoms. The van der Waals surface area contributed by atoms with E-state index in [1.54, 1.807) is 11.3 Å². The van der Waals surface area contributed by atoms with Gasteiger partial charge in [-0.15, -0.1) is 35.3 Å². The molecule has 0 aliphatic carbocycles. The number of guanidine groups is 1. The summed E-state index contributed by atoms with van der Waals surface area (Å²) in [6.07, 6.45) is 2.97. The second-order valence-corrected chi connectivity index (χ2v) is 8.20. The number of hydrogen-bond donors (Lipinski definition) is 2. The van der Waals surface area contributed by atoms with Gasteiger partial charge in [-0.1, -0.05) is 6.92 Å². The van der Waals surface area contributed by atoms with E-state index in [2.05, 4.69) is 44.3 Å². The van der Waals surface area contributed by atoms with Crippen molar-refractivity contribution < 1.29 is 4.39 Å². The number of anilines is 1. The Kier molecular flexibility index (Phi) is 10.8. The second-order valence-electron chi connectivity index (χ2n) is 7.00. The molecule has 2 aromatic rings. The first kappa shape index (κ1) is 24.8. The molecule has 2 heterocycles. The van der Waals surface area contributed by atoms with E-state index in [0.717, 1.165) is 68.9 Å². The first-order valence-electron chi connectivity index (χ1n) is 10.4. The molecule has 0 unspecified atom stereocenters. The Morgan fingerprint density at radius 1 is 1.13 bits per heavy atom. The third-order valence-electron chi connectivity index (χ3n) is 4.95. The van der Waals surface area contributed by atoms with Gasteiger partial charge in [0.15, 0.2) is 5.96 Å². The van der Waals surface area contributed by atoms with Crippen LogP contribution in [0, 0.1) is 5.82 Å². The molecule has 1 aliphatic rings. The predicted molar refractivity (Wildman–Crippen MR) is 135 cm³/mol. The van der Waals surface area contributed by atoms with Crippen LogP contribution in [0.3, 0.4) is 0 Å². The summed E-state index contributed by atoms with van der Waals surface area (Å²) in [6.45, 7) is 11.4. The number of nitrogens with one attached hydrogen (secondary N) is 2. The summed E-state index contributed by atoms with van der Waals surface area (Å²) in [5.41, 5.74) is 1.10. The van der Waals surface area contributed by atoms with Gasteiger partial charge in [0.25, 0.3) is 0 Å². The molecule has 6 nitrogen and oxygen atoms in total. The van der Waals surface area contributed by atoms with Crippen molar-refractivity contribution in [2.75, 3.05) is 50.7 Å². The predicted octanol–water partition coefficient (Wildman–Crippen LogP) is 3.34. The van der Waals surface area contributed by atoms with E-state index < -0.39 is 0 Å². The molecule has 0 atom stereocenters. The zero-order valence-corrected chi connectivity index (χ0v) is 20.9. The minimum absolute atomic E-state index is 0. The van der Waals surface area contributed by atoms with E-state index in [1.165, 1.54) is 17.0 Å². The summed E-state index contributed by atoms with van der Waals surface area (Å²) in [4.78, 5) is 15.2. The van der Waals surface area contributed by atoms with Gasteiger partial charge in [-0.25, -0.2) is 14.4 Å². The van der Waals surface area contributed by atoms with E-state index in [1.807, 2.05) is 18.3 Å². The highest BCUT2D eigenvalue weighted by Crippen LogP contribution is 2.17. The minimum Gasteiger partial charge on any atom is -0.369 e. The van der Waals surface area contributed by atoms with Gasteiger partial charge in [0.2, 0.25) is 0 Å². The molecule has 0 spiro atoms. The van der Waals surface area contributed by atoms with Crippen LogP contribution in [0.15, 0.2) is 35.5 Å². The number of hydrogen-bond acceptors (Lipinski definition) is 5. The molecule has 0 radical (unpaired) electrons. The van der Waals surface area contributed by atoms with E-state index >= 15 is 0 Å². The minimum atomic E-state index is -0.183. The third kappa shape index (κ3) is 7.66. The quantitative estimate of drug-likeness (QED) is 0.302. The number of benzene rings is 1. The van der Waals surface area contributed by atoms with Crippen molar-refractivity contribution in [3.63, 3.8) is 0 Å². The van der Waals surface area contributed by atoms with Gasteiger partial charge in [-0.2, -0.15) is 0 Å². The summed E-state index contributed by atoms with van der Waals surface area (Å²) in [6, 6.07) is 6.78. The molecular formula is C21H32FIN6S. The lowest BCUT2D eigenvalue weighted by Crippen LogP contribution is -2.49. The van der Waals surface area contributed by atoms with Crippen LogP contribution in [0.2, 0.25) is 0 Å². The molecule has 1 saturated heterocycles. The lowest BCUT2D eigenvalue weighted by Gasteiger charge is -2.36. The molecular weight excluding hydrogens is 514 g/mol. The Labute approximate surface area is 200 Å². The lowest BCUT2D eigenvalue weighted by molar-refractivity contribution is 0.261. The van der Waals surface area contributed by atoms with Gasteiger partial charge in [-0.05, 0) is 37.6 Å². The van der Waals surface area contributed by atoms with E-state index in [-0.39, 0.29) is 29.8 Å². The molecule has 1 aliphatic heterocycles. The number of rotatable bonds is 8.